The first-order valence-corrected chi connectivity index (χ1v) is 6.24. The first-order valence-electron chi connectivity index (χ1n) is 6.24. The topological polar surface area (TPSA) is 18.5 Å². The smallest absolute Gasteiger partial charge is 0.0583 e. The fourth-order valence-corrected chi connectivity index (χ4v) is 2.45. The zero-order valence-electron chi connectivity index (χ0n) is 11.4. The average molecular weight is 236 g/mol. The molecule has 2 heteroatoms. The molecule has 0 saturated carbocycles. The standard InChI is InChI=1S/C15H24O2/c1-5-13(2)15(11-16-3,12-17-4)14-9-7-6-8-10-14/h6-10,13H,5,11-12H2,1-4H3. The monoisotopic (exact) mass is 236 g/mol. The van der Waals surface area contributed by atoms with Crippen molar-refractivity contribution in [2.24, 2.45) is 5.92 Å². The molecule has 0 amide bonds. The van der Waals surface area contributed by atoms with E-state index in [9.17, 15) is 0 Å². The Kier molecular flexibility index (Phi) is 5.66. The summed E-state index contributed by atoms with van der Waals surface area (Å²) in [5.41, 5.74) is 1.26. The maximum atomic E-state index is 5.46. The van der Waals surface area contributed by atoms with Crippen molar-refractivity contribution in [2.45, 2.75) is 25.7 Å². The predicted molar refractivity (Wildman–Crippen MR) is 71.3 cm³/mol. The lowest BCUT2D eigenvalue weighted by molar-refractivity contribution is 0.0279. The van der Waals surface area contributed by atoms with Gasteiger partial charge in [-0.25, -0.2) is 0 Å². The third-order valence-electron chi connectivity index (χ3n) is 3.71. The summed E-state index contributed by atoms with van der Waals surface area (Å²) in [5.74, 6) is 0.518. The molecule has 0 N–H and O–H groups in total. The average Bonchev–Trinajstić information content (AvgIpc) is 2.38. The molecule has 2 nitrogen and oxygen atoms in total. The van der Waals surface area contributed by atoms with E-state index in [4.69, 9.17) is 9.47 Å². The summed E-state index contributed by atoms with van der Waals surface area (Å²) in [6.45, 7) is 5.87. The quantitative estimate of drug-likeness (QED) is 0.723. The minimum Gasteiger partial charge on any atom is -0.384 e. The van der Waals surface area contributed by atoms with Crippen LogP contribution in [-0.4, -0.2) is 27.4 Å². The van der Waals surface area contributed by atoms with Crippen molar-refractivity contribution in [2.75, 3.05) is 27.4 Å². The molecule has 1 rings (SSSR count). The predicted octanol–water partition coefficient (Wildman–Crippen LogP) is 3.26. The van der Waals surface area contributed by atoms with Crippen LogP contribution in [-0.2, 0) is 14.9 Å². The summed E-state index contributed by atoms with van der Waals surface area (Å²) >= 11 is 0. The largest absolute Gasteiger partial charge is 0.384 e. The van der Waals surface area contributed by atoms with E-state index in [-0.39, 0.29) is 5.41 Å². The molecule has 96 valence electrons. The molecule has 0 saturated heterocycles. The van der Waals surface area contributed by atoms with E-state index < -0.39 is 0 Å². The summed E-state index contributed by atoms with van der Waals surface area (Å²) in [6, 6.07) is 10.6. The molecular formula is C15H24O2. The van der Waals surface area contributed by atoms with Gasteiger partial charge in [-0.15, -0.1) is 0 Å². The van der Waals surface area contributed by atoms with Gasteiger partial charge in [-0.05, 0) is 11.5 Å². The van der Waals surface area contributed by atoms with Crippen LogP contribution in [0, 0.1) is 5.92 Å². The zero-order chi connectivity index (χ0) is 12.7. The van der Waals surface area contributed by atoms with Gasteiger partial charge >= 0.3 is 0 Å². The van der Waals surface area contributed by atoms with Gasteiger partial charge in [0.05, 0.1) is 13.2 Å². The molecule has 0 spiro atoms. The summed E-state index contributed by atoms with van der Waals surface area (Å²) < 4.78 is 10.9. The maximum Gasteiger partial charge on any atom is 0.0583 e. The summed E-state index contributed by atoms with van der Waals surface area (Å²) in [4.78, 5) is 0. The van der Waals surface area contributed by atoms with Gasteiger partial charge in [-0.1, -0.05) is 50.6 Å². The Morgan fingerprint density at radius 3 is 2.00 bits per heavy atom. The van der Waals surface area contributed by atoms with E-state index in [1.165, 1.54) is 5.56 Å². The molecule has 0 aliphatic carbocycles. The molecular weight excluding hydrogens is 212 g/mol. The SMILES string of the molecule is CCC(C)C(COC)(COC)c1ccccc1. The molecule has 1 atom stereocenters. The van der Waals surface area contributed by atoms with E-state index in [1.54, 1.807) is 14.2 Å². The minimum absolute atomic E-state index is 0.0422. The van der Waals surface area contributed by atoms with Crippen molar-refractivity contribution in [3.05, 3.63) is 35.9 Å². The fraction of sp³-hybridized carbons (Fsp3) is 0.600. The third-order valence-corrected chi connectivity index (χ3v) is 3.71. The van der Waals surface area contributed by atoms with Crippen LogP contribution >= 0.6 is 0 Å². The number of ether oxygens (including phenoxy) is 2. The maximum absolute atomic E-state index is 5.46. The fourth-order valence-electron chi connectivity index (χ4n) is 2.45. The van der Waals surface area contributed by atoms with E-state index in [1.807, 2.05) is 6.07 Å². The Hall–Kier alpha value is -0.860. The van der Waals surface area contributed by atoms with Gasteiger partial charge in [0.1, 0.15) is 0 Å². The number of rotatable bonds is 7. The van der Waals surface area contributed by atoms with E-state index in [0.717, 1.165) is 6.42 Å². The van der Waals surface area contributed by atoms with Gasteiger partial charge in [-0.2, -0.15) is 0 Å². The van der Waals surface area contributed by atoms with Crippen molar-refractivity contribution in [1.29, 1.82) is 0 Å². The van der Waals surface area contributed by atoms with Crippen LogP contribution in [0.3, 0.4) is 0 Å². The first-order chi connectivity index (χ1) is 8.21. The highest BCUT2D eigenvalue weighted by atomic mass is 16.5. The molecule has 0 fully saturated rings. The van der Waals surface area contributed by atoms with Gasteiger partial charge in [0.15, 0.2) is 0 Å². The highest BCUT2D eigenvalue weighted by Crippen LogP contribution is 2.35. The number of hydrogen-bond donors (Lipinski definition) is 0. The molecule has 0 aromatic heterocycles. The summed E-state index contributed by atoms with van der Waals surface area (Å²) in [6.07, 6.45) is 1.11. The summed E-state index contributed by atoms with van der Waals surface area (Å²) in [5, 5.41) is 0. The molecule has 1 aromatic rings. The Labute approximate surface area is 105 Å². The Morgan fingerprint density at radius 1 is 1.06 bits per heavy atom. The molecule has 0 bridgehead atoms. The molecule has 0 aliphatic heterocycles. The van der Waals surface area contributed by atoms with E-state index >= 15 is 0 Å². The molecule has 1 unspecified atom stereocenters. The van der Waals surface area contributed by atoms with Crippen LogP contribution in [0.1, 0.15) is 25.8 Å². The van der Waals surface area contributed by atoms with Crippen molar-refractivity contribution in [3.63, 3.8) is 0 Å². The Morgan fingerprint density at radius 2 is 1.59 bits per heavy atom. The van der Waals surface area contributed by atoms with E-state index in [0.29, 0.717) is 19.1 Å². The second kappa shape index (κ2) is 6.77. The second-order valence-corrected chi connectivity index (χ2v) is 4.70. The lowest BCUT2D eigenvalue weighted by atomic mass is 9.71. The van der Waals surface area contributed by atoms with Gasteiger partial charge in [-0.3, -0.25) is 0 Å². The highest BCUT2D eigenvalue weighted by Gasteiger charge is 2.37. The van der Waals surface area contributed by atoms with Crippen molar-refractivity contribution < 1.29 is 9.47 Å². The number of benzene rings is 1. The summed E-state index contributed by atoms with van der Waals surface area (Å²) in [7, 11) is 3.52. The van der Waals surface area contributed by atoms with Crippen molar-refractivity contribution >= 4 is 0 Å². The molecule has 1 aromatic carbocycles. The normalized spacial score (nSPS) is 13.6. The van der Waals surface area contributed by atoms with Crippen molar-refractivity contribution in [3.8, 4) is 0 Å². The molecule has 0 heterocycles. The van der Waals surface area contributed by atoms with Crippen LogP contribution in [0.4, 0.5) is 0 Å². The number of methoxy groups -OCH3 is 2. The van der Waals surface area contributed by atoms with E-state index in [2.05, 4.69) is 38.1 Å². The Balaban J connectivity index is 3.14. The van der Waals surface area contributed by atoms with Gasteiger partial charge in [0.2, 0.25) is 0 Å². The molecule has 17 heavy (non-hydrogen) atoms. The zero-order valence-corrected chi connectivity index (χ0v) is 11.4. The van der Waals surface area contributed by atoms with Crippen molar-refractivity contribution in [1.82, 2.24) is 0 Å². The minimum atomic E-state index is -0.0422. The van der Waals surface area contributed by atoms with Gasteiger partial charge in [0, 0.05) is 19.6 Å². The second-order valence-electron chi connectivity index (χ2n) is 4.70. The molecule has 0 radical (unpaired) electrons. The first kappa shape index (κ1) is 14.2. The lowest BCUT2D eigenvalue weighted by Gasteiger charge is -2.38. The Bertz CT molecular complexity index is 302. The van der Waals surface area contributed by atoms with Crippen LogP contribution < -0.4 is 0 Å². The highest BCUT2D eigenvalue weighted by molar-refractivity contribution is 5.27. The van der Waals surface area contributed by atoms with Crippen LogP contribution in [0.15, 0.2) is 30.3 Å². The number of hydrogen-bond acceptors (Lipinski definition) is 2. The van der Waals surface area contributed by atoms with Crippen LogP contribution in [0.5, 0.6) is 0 Å². The molecule has 0 aliphatic rings. The van der Waals surface area contributed by atoms with Gasteiger partial charge < -0.3 is 9.47 Å². The van der Waals surface area contributed by atoms with Crippen LogP contribution in [0.25, 0.3) is 0 Å². The van der Waals surface area contributed by atoms with Gasteiger partial charge in [0.25, 0.3) is 0 Å². The lowest BCUT2D eigenvalue weighted by Crippen LogP contribution is -2.42. The third kappa shape index (κ3) is 3.08. The van der Waals surface area contributed by atoms with Crippen LogP contribution in [0.2, 0.25) is 0 Å².